The van der Waals surface area contributed by atoms with E-state index >= 15 is 0 Å². The number of nitrogens with zero attached hydrogens (tertiary/aromatic N) is 3. The molecule has 1 aliphatic rings. The van der Waals surface area contributed by atoms with E-state index in [9.17, 15) is 41.0 Å². The van der Waals surface area contributed by atoms with Gasteiger partial charge < -0.3 is 20.1 Å². The van der Waals surface area contributed by atoms with Crippen molar-refractivity contribution < 1.29 is 45.8 Å². The standard InChI is InChI=1S/C22H24F6N4O4/c1-12(2)18(19(33)34)29-17-9-16-10-31(4-3-5-32(16)30-17)20(35)36-11-13-6-14(21(23,24)25)8-15(7-13)22(26,27)28/h6-9,12,18H,3-5,10-11H2,1-2H3,(H,29,30)(H,33,34). The second-order valence-corrected chi connectivity index (χ2v) is 8.69. The summed E-state index contributed by atoms with van der Waals surface area (Å²) < 4.78 is 84.9. The van der Waals surface area contributed by atoms with Crippen LogP contribution in [0.3, 0.4) is 0 Å². The molecule has 1 aromatic heterocycles. The Labute approximate surface area is 201 Å². The highest BCUT2D eigenvalue weighted by Gasteiger charge is 2.37. The third-order valence-electron chi connectivity index (χ3n) is 5.52. The van der Waals surface area contributed by atoms with Crippen molar-refractivity contribution in [2.75, 3.05) is 11.9 Å². The molecule has 2 N–H and O–H groups in total. The first-order chi connectivity index (χ1) is 16.6. The van der Waals surface area contributed by atoms with Gasteiger partial charge in [0.05, 0.1) is 23.4 Å². The van der Waals surface area contributed by atoms with Gasteiger partial charge in [-0.25, -0.2) is 9.59 Å². The van der Waals surface area contributed by atoms with Crippen LogP contribution in [-0.2, 0) is 41.6 Å². The summed E-state index contributed by atoms with van der Waals surface area (Å²) in [6, 6.07) is 1.70. The summed E-state index contributed by atoms with van der Waals surface area (Å²) in [5, 5.41) is 16.5. The van der Waals surface area contributed by atoms with Crippen LogP contribution >= 0.6 is 0 Å². The molecule has 0 spiro atoms. The summed E-state index contributed by atoms with van der Waals surface area (Å²) in [7, 11) is 0. The van der Waals surface area contributed by atoms with Crippen LogP contribution in [0.1, 0.15) is 42.7 Å². The molecule has 0 radical (unpaired) electrons. The lowest BCUT2D eigenvalue weighted by Crippen LogP contribution is -2.34. The predicted molar refractivity (Wildman–Crippen MR) is 114 cm³/mol. The minimum atomic E-state index is -5.01. The number of carboxylic acid groups (broad SMARTS) is 1. The van der Waals surface area contributed by atoms with Crippen LogP contribution in [0.5, 0.6) is 0 Å². The van der Waals surface area contributed by atoms with Gasteiger partial charge in [-0.3, -0.25) is 4.68 Å². The molecular formula is C22H24F6N4O4. The molecule has 3 rings (SSSR count). The number of amides is 1. The molecule has 1 aromatic carbocycles. The molecule has 0 bridgehead atoms. The van der Waals surface area contributed by atoms with E-state index < -0.39 is 53.8 Å². The van der Waals surface area contributed by atoms with Gasteiger partial charge in [0.15, 0.2) is 0 Å². The van der Waals surface area contributed by atoms with Gasteiger partial charge >= 0.3 is 24.4 Å². The van der Waals surface area contributed by atoms with Crippen LogP contribution in [0.2, 0.25) is 0 Å². The molecular weight excluding hydrogens is 498 g/mol. The van der Waals surface area contributed by atoms with E-state index in [4.69, 9.17) is 4.74 Å². The van der Waals surface area contributed by atoms with Crippen molar-refractivity contribution in [2.45, 2.75) is 58.4 Å². The van der Waals surface area contributed by atoms with Crippen molar-refractivity contribution >= 4 is 17.9 Å². The SMILES string of the molecule is CC(C)C(Nc1cc2n(n1)CCCN(C(=O)OCc1cc(C(F)(F)F)cc(C(F)(F)F)c1)C2)C(=O)O. The fourth-order valence-electron chi connectivity index (χ4n) is 3.70. The molecule has 2 aromatic rings. The van der Waals surface area contributed by atoms with Gasteiger partial charge in [0.1, 0.15) is 18.5 Å². The Morgan fingerprint density at radius 1 is 1.06 bits per heavy atom. The first kappa shape index (κ1) is 27.1. The summed E-state index contributed by atoms with van der Waals surface area (Å²) in [6.07, 6.45) is -10.5. The Morgan fingerprint density at radius 3 is 2.19 bits per heavy atom. The van der Waals surface area contributed by atoms with Crippen molar-refractivity contribution in [3.05, 3.63) is 46.6 Å². The number of alkyl halides is 6. The molecule has 36 heavy (non-hydrogen) atoms. The molecule has 8 nitrogen and oxygen atoms in total. The Bertz CT molecular complexity index is 1080. The van der Waals surface area contributed by atoms with Crippen LogP contribution in [-0.4, -0.2) is 44.4 Å². The van der Waals surface area contributed by atoms with Crippen LogP contribution in [0, 0.1) is 5.92 Å². The average Bonchev–Trinajstić information content (AvgIpc) is 3.03. The fourth-order valence-corrected chi connectivity index (χ4v) is 3.70. The van der Waals surface area contributed by atoms with E-state index in [1.165, 1.54) is 4.90 Å². The van der Waals surface area contributed by atoms with Gasteiger partial charge in [-0.2, -0.15) is 31.4 Å². The molecule has 0 saturated carbocycles. The number of carbonyl (C=O) groups excluding carboxylic acids is 1. The lowest BCUT2D eigenvalue weighted by molar-refractivity contribution is -0.143. The third-order valence-corrected chi connectivity index (χ3v) is 5.52. The van der Waals surface area contributed by atoms with E-state index in [0.717, 1.165) is 0 Å². The Morgan fingerprint density at radius 2 is 1.67 bits per heavy atom. The van der Waals surface area contributed by atoms with Crippen molar-refractivity contribution in [1.29, 1.82) is 0 Å². The summed E-state index contributed by atoms with van der Waals surface area (Å²) in [6.45, 7) is 3.29. The number of benzene rings is 1. The van der Waals surface area contributed by atoms with Gasteiger partial charge in [-0.05, 0) is 36.1 Å². The van der Waals surface area contributed by atoms with E-state index in [0.29, 0.717) is 36.6 Å². The van der Waals surface area contributed by atoms with Crippen LogP contribution in [0.25, 0.3) is 0 Å². The number of hydrogen-bond donors (Lipinski definition) is 2. The highest BCUT2D eigenvalue weighted by molar-refractivity contribution is 5.77. The summed E-state index contributed by atoms with van der Waals surface area (Å²) in [5.41, 5.74) is -2.89. The number of anilines is 1. The fraction of sp³-hybridized carbons (Fsp3) is 0.500. The number of nitrogens with one attached hydrogen (secondary N) is 1. The zero-order chi connectivity index (χ0) is 26.8. The number of fused-ring (bicyclic) bond motifs is 1. The lowest BCUT2D eigenvalue weighted by Gasteiger charge is -2.20. The Balaban J connectivity index is 1.71. The molecule has 0 aliphatic carbocycles. The summed E-state index contributed by atoms with van der Waals surface area (Å²) in [4.78, 5) is 25.3. The average molecular weight is 522 g/mol. The number of aryl methyl sites for hydroxylation is 1. The summed E-state index contributed by atoms with van der Waals surface area (Å²) in [5.74, 6) is -0.990. The van der Waals surface area contributed by atoms with Crippen LogP contribution < -0.4 is 5.32 Å². The lowest BCUT2D eigenvalue weighted by atomic mass is 10.1. The largest absolute Gasteiger partial charge is 0.480 e. The Kier molecular flexibility index (Phi) is 7.74. The molecule has 0 fully saturated rings. The van der Waals surface area contributed by atoms with E-state index in [1.807, 2.05) is 0 Å². The number of rotatable bonds is 6. The zero-order valence-electron chi connectivity index (χ0n) is 19.3. The van der Waals surface area contributed by atoms with E-state index in [2.05, 4.69) is 10.4 Å². The maximum atomic E-state index is 13.1. The second-order valence-electron chi connectivity index (χ2n) is 8.69. The molecule has 1 amide bonds. The molecule has 14 heteroatoms. The molecule has 198 valence electrons. The molecule has 1 atom stereocenters. The molecule has 1 aliphatic heterocycles. The number of carboxylic acids is 1. The van der Waals surface area contributed by atoms with E-state index in [-0.39, 0.29) is 25.1 Å². The molecule has 1 unspecified atom stereocenters. The monoisotopic (exact) mass is 522 g/mol. The first-order valence-corrected chi connectivity index (χ1v) is 10.9. The minimum absolute atomic E-state index is 0.00109. The number of ether oxygens (including phenoxy) is 1. The smallest absolute Gasteiger partial charge is 0.416 e. The third kappa shape index (κ3) is 6.61. The maximum Gasteiger partial charge on any atom is 0.416 e. The first-order valence-electron chi connectivity index (χ1n) is 10.9. The topological polar surface area (TPSA) is 96.7 Å². The predicted octanol–water partition coefficient (Wildman–Crippen LogP) is 4.98. The quantitative estimate of drug-likeness (QED) is 0.520. The highest BCUT2D eigenvalue weighted by Crippen LogP contribution is 2.36. The van der Waals surface area contributed by atoms with Crippen LogP contribution in [0.4, 0.5) is 37.0 Å². The number of carbonyl (C=O) groups is 2. The van der Waals surface area contributed by atoms with Crippen LogP contribution in [0.15, 0.2) is 24.3 Å². The molecule has 0 saturated heterocycles. The number of hydrogen-bond acceptors (Lipinski definition) is 5. The number of aromatic nitrogens is 2. The van der Waals surface area contributed by atoms with Gasteiger partial charge in [0, 0.05) is 19.2 Å². The zero-order valence-corrected chi connectivity index (χ0v) is 19.3. The normalized spacial score (nSPS) is 15.3. The Hall–Kier alpha value is -3.45. The van der Waals surface area contributed by atoms with Gasteiger partial charge in [0.25, 0.3) is 0 Å². The number of halogens is 6. The van der Waals surface area contributed by atoms with Gasteiger partial charge in [-0.1, -0.05) is 13.8 Å². The van der Waals surface area contributed by atoms with Crippen molar-refractivity contribution in [1.82, 2.24) is 14.7 Å². The van der Waals surface area contributed by atoms with Crippen molar-refractivity contribution in [2.24, 2.45) is 5.92 Å². The maximum absolute atomic E-state index is 13.1. The summed E-state index contributed by atoms with van der Waals surface area (Å²) >= 11 is 0. The van der Waals surface area contributed by atoms with Crippen molar-refractivity contribution in [3.8, 4) is 0 Å². The number of aliphatic carboxylic acids is 1. The second kappa shape index (κ2) is 10.3. The van der Waals surface area contributed by atoms with E-state index in [1.54, 1.807) is 24.6 Å². The minimum Gasteiger partial charge on any atom is -0.480 e. The van der Waals surface area contributed by atoms with Gasteiger partial charge in [0.2, 0.25) is 0 Å². The van der Waals surface area contributed by atoms with Crippen molar-refractivity contribution in [3.63, 3.8) is 0 Å². The highest BCUT2D eigenvalue weighted by atomic mass is 19.4. The molecule has 2 heterocycles. The van der Waals surface area contributed by atoms with Gasteiger partial charge in [-0.15, -0.1) is 0 Å².